The van der Waals surface area contributed by atoms with Crippen LogP contribution in [-0.2, 0) is 14.3 Å². The van der Waals surface area contributed by atoms with E-state index in [0.717, 1.165) is 18.7 Å². The molecule has 6 nitrogen and oxygen atoms in total. The van der Waals surface area contributed by atoms with Crippen LogP contribution in [0, 0.1) is 0 Å². The molecule has 0 atom stereocenters. The summed E-state index contributed by atoms with van der Waals surface area (Å²) in [6, 6.07) is 5.43. The molecule has 0 radical (unpaired) electrons. The van der Waals surface area contributed by atoms with Gasteiger partial charge in [0.15, 0.2) is 17.8 Å². The standard InChI is InChI=1S/C17H23NO5/c1-13(19)23-15-7-6-14(11-16(15)20-3)5-4-8-18(2)12-17-21-9-10-22-17/h4-7,11,17H,8-10,12H2,1-3H3/b5-4+. The van der Waals surface area contributed by atoms with Gasteiger partial charge in [0.25, 0.3) is 0 Å². The minimum absolute atomic E-state index is 0.128. The third-order valence-corrected chi connectivity index (χ3v) is 3.32. The summed E-state index contributed by atoms with van der Waals surface area (Å²) in [6.45, 7) is 4.21. The van der Waals surface area contributed by atoms with E-state index < -0.39 is 0 Å². The van der Waals surface area contributed by atoms with Gasteiger partial charge in [-0.2, -0.15) is 0 Å². The van der Waals surface area contributed by atoms with Crippen LogP contribution in [0.15, 0.2) is 24.3 Å². The summed E-state index contributed by atoms with van der Waals surface area (Å²) in [5, 5.41) is 0. The van der Waals surface area contributed by atoms with E-state index in [4.69, 9.17) is 18.9 Å². The maximum atomic E-state index is 11.0. The molecule has 0 saturated carbocycles. The van der Waals surface area contributed by atoms with E-state index in [1.165, 1.54) is 6.92 Å². The minimum Gasteiger partial charge on any atom is -0.493 e. The fourth-order valence-corrected chi connectivity index (χ4v) is 2.24. The molecule has 2 rings (SSSR count). The van der Waals surface area contributed by atoms with Crippen LogP contribution < -0.4 is 9.47 Å². The first-order valence-electron chi connectivity index (χ1n) is 7.53. The third-order valence-electron chi connectivity index (χ3n) is 3.32. The number of carbonyl (C=O) groups is 1. The van der Waals surface area contributed by atoms with Crippen molar-refractivity contribution in [1.29, 1.82) is 0 Å². The van der Waals surface area contributed by atoms with Crippen molar-refractivity contribution >= 4 is 12.0 Å². The predicted molar refractivity (Wildman–Crippen MR) is 86.5 cm³/mol. The first-order valence-corrected chi connectivity index (χ1v) is 7.53. The molecule has 126 valence electrons. The number of ether oxygens (including phenoxy) is 4. The van der Waals surface area contributed by atoms with Gasteiger partial charge in [-0.05, 0) is 24.7 Å². The summed E-state index contributed by atoms with van der Waals surface area (Å²) in [7, 11) is 3.56. The SMILES string of the molecule is COc1cc(/C=C/CN(C)CC2OCCO2)ccc1OC(C)=O. The van der Waals surface area contributed by atoms with Crippen molar-refractivity contribution in [3.63, 3.8) is 0 Å². The fraction of sp³-hybridized carbons (Fsp3) is 0.471. The Kier molecular flexibility index (Phi) is 6.58. The molecule has 0 bridgehead atoms. The largest absolute Gasteiger partial charge is 0.493 e. The molecular weight excluding hydrogens is 298 g/mol. The second-order valence-corrected chi connectivity index (χ2v) is 5.30. The number of methoxy groups -OCH3 is 1. The van der Waals surface area contributed by atoms with Crippen LogP contribution in [0.2, 0.25) is 0 Å². The number of hydrogen-bond acceptors (Lipinski definition) is 6. The predicted octanol–water partition coefficient (Wildman–Crippen LogP) is 1.94. The minimum atomic E-state index is -0.371. The molecule has 6 heteroatoms. The summed E-state index contributed by atoms with van der Waals surface area (Å²) in [6.07, 6.45) is 3.92. The molecule has 0 unspecified atom stereocenters. The monoisotopic (exact) mass is 321 g/mol. The Morgan fingerprint density at radius 2 is 2.09 bits per heavy atom. The summed E-state index contributed by atoms with van der Waals surface area (Å²) in [4.78, 5) is 13.2. The Labute approximate surface area is 136 Å². The molecule has 1 aromatic carbocycles. The normalized spacial score (nSPS) is 15.5. The first-order chi connectivity index (χ1) is 11.1. The van der Waals surface area contributed by atoms with Gasteiger partial charge in [0.05, 0.1) is 20.3 Å². The van der Waals surface area contributed by atoms with Crippen molar-refractivity contribution in [3.8, 4) is 11.5 Å². The number of rotatable bonds is 7. The van der Waals surface area contributed by atoms with E-state index in [1.807, 2.05) is 25.3 Å². The maximum Gasteiger partial charge on any atom is 0.308 e. The van der Waals surface area contributed by atoms with Crippen LogP contribution in [-0.4, -0.2) is 57.6 Å². The molecule has 1 fully saturated rings. The molecule has 0 aliphatic carbocycles. The molecule has 1 heterocycles. The van der Waals surface area contributed by atoms with E-state index in [9.17, 15) is 4.79 Å². The number of nitrogens with zero attached hydrogens (tertiary/aromatic N) is 1. The van der Waals surface area contributed by atoms with Crippen molar-refractivity contribution < 1.29 is 23.7 Å². The number of likely N-dealkylation sites (N-methyl/N-ethyl adjacent to an activating group) is 1. The zero-order valence-electron chi connectivity index (χ0n) is 13.8. The molecular formula is C17H23NO5. The zero-order chi connectivity index (χ0) is 16.7. The van der Waals surface area contributed by atoms with Gasteiger partial charge in [0.1, 0.15) is 0 Å². The second kappa shape index (κ2) is 8.67. The molecule has 1 aliphatic rings. The maximum absolute atomic E-state index is 11.0. The molecule has 1 aliphatic heterocycles. The number of hydrogen-bond donors (Lipinski definition) is 0. The van der Waals surface area contributed by atoms with E-state index in [-0.39, 0.29) is 12.3 Å². The highest BCUT2D eigenvalue weighted by Crippen LogP contribution is 2.28. The summed E-state index contributed by atoms with van der Waals surface area (Å²) in [5.74, 6) is 0.581. The van der Waals surface area contributed by atoms with Crippen molar-refractivity contribution in [2.75, 3.05) is 40.5 Å². The number of benzene rings is 1. The molecule has 0 amide bonds. The van der Waals surface area contributed by atoms with Gasteiger partial charge < -0.3 is 18.9 Å². The van der Waals surface area contributed by atoms with E-state index >= 15 is 0 Å². The highest BCUT2D eigenvalue weighted by atomic mass is 16.7. The lowest BCUT2D eigenvalue weighted by Crippen LogP contribution is -2.29. The molecule has 1 saturated heterocycles. The van der Waals surface area contributed by atoms with Crippen LogP contribution >= 0.6 is 0 Å². The Bertz CT molecular complexity index is 552. The molecule has 1 aromatic rings. The van der Waals surface area contributed by atoms with Gasteiger partial charge in [-0.1, -0.05) is 18.2 Å². The highest BCUT2D eigenvalue weighted by molar-refractivity contribution is 5.71. The summed E-state index contributed by atoms with van der Waals surface area (Å²) >= 11 is 0. The molecule has 23 heavy (non-hydrogen) atoms. The zero-order valence-corrected chi connectivity index (χ0v) is 13.8. The average Bonchev–Trinajstić information content (AvgIpc) is 3.01. The Morgan fingerprint density at radius 1 is 1.35 bits per heavy atom. The fourth-order valence-electron chi connectivity index (χ4n) is 2.24. The van der Waals surface area contributed by atoms with Gasteiger partial charge in [-0.15, -0.1) is 0 Å². The van der Waals surface area contributed by atoms with Gasteiger partial charge in [-0.25, -0.2) is 0 Å². The van der Waals surface area contributed by atoms with Crippen molar-refractivity contribution in [2.24, 2.45) is 0 Å². The van der Waals surface area contributed by atoms with E-state index in [2.05, 4.69) is 11.0 Å². The Morgan fingerprint density at radius 3 is 2.74 bits per heavy atom. The second-order valence-electron chi connectivity index (χ2n) is 5.30. The van der Waals surface area contributed by atoms with Gasteiger partial charge in [0.2, 0.25) is 0 Å². The van der Waals surface area contributed by atoms with Crippen LogP contribution in [0.5, 0.6) is 11.5 Å². The lowest BCUT2D eigenvalue weighted by Gasteiger charge is -2.18. The van der Waals surface area contributed by atoms with Gasteiger partial charge in [0, 0.05) is 20.0 Å². The van der Waals surface area contributed by atoms with Crippen LogP contribution in [0.3, 0.4) is 0 Å². The molecule has 0 spiro atoms. The average molecular weight is 321 g/mol. The topological polar surface area (TPSA) is 57.2 Å². The quantitative estimate of drug-likeness (QED) is 0.565. The Hall–Kier alpha value is -1.89. The number of esters is 1. The van der Waals surface area contributed by atoms with Crippen LogP contribution in [0.1, 0.15) is 12.5 Å². The third kappa shape index (κ3) is 5.67. The molecule has 0 N–H and O–H groups in total. The lowest BCUT2D eigenvalue weighted by atomic mass is 10.2. The van der Waals surface area contributed by atoms with E-state index in [0.29, 0.717) is 24.7 Å². The van der Waals surface area contributed by atoms with E-state index in [1.54, 1.807) is 13.2 Å². The van der Waals surface area contributed by atoms with Crippen molar-refractivity contribution in [1.82, 2.24) is 4.90 Å². The van der Waals surface area contributed by atoms with Crippen LogP contribution in [0.4, 0.5) is 0 Å². The first kappa shape index (κ1) is 17.5. The van der Waals surface area contributed by atoms with Gasteiger partial charge >= 0.3 is 5.97 Å². The van der Waals surface area contributed by atoms with Crippen molar-refractivity contribution in [3.05, 3.63) is 29.8 Å². The van der Waals surface area contributed by atoms with Crippen LogP contribution in [0.25, 0.3) is 6.08 Å². The molecule has 0 aromatic heterocycles. The summed E-state index contributed by atoms with van der Waals surface area (Å²) in [5.41, 5.74) is 0.972. The highest BCUT2D eigenvalue weighted by Gasteiger charge is 2.17. The van der Waals surface area contributed by atoms with Gasteiger partial charge in [-0.3, -0.25) is 9.69 Å². The smallest absolute Gasteiger partial charge is 0.308 e. The number of carbonyl (C=O) groups excluding carboxylic acids is 1. The van der Waals surface area contributed by atoms with Crippen molar-refractivity contribution in [2.45, 2.75) is 13.2 Å². The summed E-state index contributed by atoms with van der Waals surface area (Å²) < 4.78 is 21.2. The lowest BCUT2D eigenvalue weighted by molar-refractivity contribution is -0.132. The Balaban J connectivity index is 1.89.